The van der Waals surface area contributed by atoms with E-state index in [2.05, 4.69) is 15.4 Å². The minimum Gasteiger partial charge on any atom is -0.350 e. The lowest BCUT2D eigenvalue weighted by Gasteiger charge is -2.08. The second-order valence-corrected chi connectivity index (χ2v) is 4.42. The van der Waals surface area contributed by atoms with Gasteiger partial charge in [0.05, 0.1) is 6.54 Å². The number of amides is 1. The fourth-order valence-electron chi connectivity index (χ4n) is 1.61. The predicted molar refractivity (Wildman–Crippen MR) is 68.2 cm³/mol. The summed E-state index contributed by atoms with van der Waals surface area (Å²) >= 11 is 0. The molecule has 5 nitrogen and oxygen atoms in total. The molecule has 5 heteroatoms. The van der Waals surface area contributed by atoms with Crippen LogP contribution in [0.3, 0.4) is 0 Å². The molecule has 1 heterocycles. The van der Waals surface area contributed by atoms with Crippen molar-refractivity contribution in [2.24, 2.45) is 0 Å². The van der Waals surface area contributed by atoms with Crippen LogP contribution in [-0.4, -0.2) is 26.7 Å². The summed E-state index contributed by atoms with van der Waals surface area (Å²) in [5.41, 5.74) is 1.76. The highest BCUT2D eigenvalue weighted by Gasteiger charge is 2.06. The topological polar surface area (TPSA) is 59.8 Å². The second kappa shape index (κ2) is 5.44. The first-order valence-corrected chi connectivity index (χ1v) is 5.87. The molecule has 0 spiro atoms. The summed E-state index contributed by atoms with van der Waals surface area (Å²) in [5, 5.41) is 6.89. The number of aromatic nitrogens is 3. The van der Waals surface area contributed by atoms with Crippen LogP contribution in [0.5, 0.6) is 0 Å². The van der Waals surface area contributed by atoms with Crippen LogP contribution in [0.2, 0.25) is 0 Å². The van der Waals surface area contributed by atoms with Gasteiger partial charge >= 0.3 is 0 Å². The molecule has 94 valence electrons. The number of hydrogen-bond donors (Lipinski definition) is 1. The van der Waals surface area contributed by atoms with Gasteiger partial charge in [0.2, 0.25) is 0 Å². The molecule has 0 saturated carbocycles. The fourth-order valence-corrected chi connectivity index (χ4v) is 1.61. The molecule has 1 N–H and O–H groups in total. The third-order valence-corrected chi connectivity index (χ3v) is 2.45. The van der Waals surface area contributed by atoms with Crippen molar-refractivity contribution in [1.82, 2.24) is 20.1 Å². The molecule has 0 aliphatic heterocycles. The molecule has 0 aliphatic carbocycles. The van der Waals surface area contributed by atoms with Crippen LogP contribution in [-0.2, 0) is 6.54 Å². The molecular weight excluding hydrogens is 228 g/mol. The van der Waals surface area contributed by atoms with Gasteiger partial charge in [-0.1, -0.05) is 12.1 Å². The summed E-state index contributed by atoms with van der Waals surface area (Å²) < 4.78 is 1.74. The highest BCUT2D eigenvalue weighted by Crippen LogP contribution is 2.06. The smallest absolute Gasteiger partial charge is 0.251 e. The average molecular weight is 244 g/mol. The number of benzene rings is 1. The van der Waals surface area contributed by atoms with Gasteiger partial charge in [0, 0.05) is 11.6 Å². The number of carbonyl (C=O) groups is 1. The van der Waals surface area contributed by atoms with E-state index in [1.165, 1.54) is 6.33 Å². The average Bonchev–Trinajstić information content (AvgIpc) is 2.82. The summed E-state index contributed by atoms with van der Waals surface area (Å²) in [6, 6.07) is 7.65. The summed E-state index contributed by atoms with van der Waals surface area (Å²) in [6.07, 6.45) is 3.17. The summed E-state index contributed by atoms with van der Waals surface area (Å²) in [5.74, 6) is -0.0442. The zero-order chi connectivity index (χ0) is 13.0. The van der Waals surface area contributed by atoms with E-state index in [-0.39, 0.29) is 11.9 Å². The largest absolute Gasteiger partial charge is 0.350 e. The first-order chi connectivity index (χ1) is 8.65. The Morgan fingerprint density at radius 1 is 1.33 bits per heavy atom. The maximum atomic E-state index is 11.7. The third kappa shape index (κ3) is 3.16. The van der Waals surface area contributed by atoms with Crippen LogP contribution in [0.25, 0.3) is 0 Å². The van der Waals surface area contributed by atoms with Gasteiger partial charge in [-0.15, -0.1) is 0 Å². The van der Waals surface area contributed by atoms with Crippen molar-refractivity contribution in [2.75, 3.05) is 0 Å². The van der Waals surface area contributed by atoms with Crippen LogP contribution in [0.4, 0.5) is 0 Å². The van der Waals surface area contributed by atoms with Gasteiger partial charge in [-0.3, -0.25) is 4.79 Å². The van der Waals surface area contributed by atoms with Crippen LogP contribution in [0, 0.1) is 0 Å². The predicted octanol–water partition coefficient (Wildman–Crippen LogP) is 1.46. The SMILES string of the molecule is CC(C)NC(=O)c1ccc(Cn2cncn2)cc1. The lowest BCUT2D eigenvalue weighted by Crippen LogP contribution is -2.29. The molecule has 0 fully saturated rings. The van der Waals surface area contributed by atoms with Crippen LogP contribution in [0.1, 0.15) is 29.8 Å². The van der Waals surface area contributed by atoms with Crippen molar-refractivity contribution in [3.05, 3.63) is 48.0 Å². The zero-order valence-corrected chi connectivity index (χ0v) is 10.5. The Hall–Kier alpha value is -2.17. The van der Waals surface area contributed by atoms with Gasteiger partial charge in [-0.05, 0) is 31.5 Å². The Morgan fingerprint density at radius 2 is 2.06 bits per heavy atom. The van der Waals surface area contributed by atoms with E-state index < -0.39 is 0 Å². The Bertz CT molecular complexity index is 502. The number of nitrogens with one attached hydrogen (secondary N) is 1. The minimum atomic E-state index is -0.0442. The molecule has 0 atom stereocenters. The molecule has 2 rings (SSSR count). The summed E-state index contributed by atoms with van der Waals surface area (Å²) in [6.45, 7) is 4.54. The standard InChI is InChI=1S/C13H16N4O/c1-10(2)16-13(18)12-5-3-11(4-6-12)7-17-9-14-8-15-17/h3-6,8-10H,7H2,1-2H3,(H,16,18). The molecule has 1 aromatic heterocycles. The first kappa shape index (κ1) is 12.3. The number of hydrogen-bond acceptors (Lipinski definition) is 3. The number of carbonyl (C=O) groups excluding carboxylic acids is 1. The molecular formula is C13H16N4O. The van der Waals surface area contributed by atoms with Crippen molar-refractivity contribution in [2.45, 2.75) is 26.4 Å². The maximum absolute atomic E-state index is 11.7. The molecule has 0 saturated heterocycles. The summed E-state index contributed by atoms with van der Waals surface area (Å²) in [7, 11) is 0. The van der Waals surface area contributed by atoms with E-state index in [1.54, 1.807) is 11.0 Å². The Kier molecular flexibility index (Phi) is 3.72. The maximum Gasteiger partial charge on any atom is 0.251 e. The second-order valence-electron chi connectivity index (χ2n) is 4.42. The quantitative estimate of drug-likeness (QED) is 0.885. The summed E-state index contributed by atoms with van der Waals surface area (Å²) in [4.78, 5) is 15.6. The molecule has 2 aromatic rings. The van der Waals surface area contributed by atoms with Gasteiger partial charge in [0.25, 0.3) is 5.91 Å². The third-order valence-electron chi connectivity index (χ3n) is 2.45. The monoisotopic (exact) mass is 244 g/mol. The first-order valence-electron chi connectivity index (χ1n) is 5.87. The van der Waals surface area contributed by atoms with Gasteiger partial charge in [0.1, 0.15) is 12.7 Å². The lowest BCUT2D eigenvalue weighted by molar-refractivity contribution is 0.0943. The van der Waals surface area contributed by atoms with Gasteiger partial charge in [-0.25, -0.2) is 9.67 Å². The Morgan fingerprint density at radius 3 is 2.61 bits per heavy atom. The Labute approximate surface area is 106 Å². The number of nitrogens with zero attached hydrogens (tertiary/aromatic N) is 3. The van der Waals surface area contributed by atoms with Crippen molar-refractivity contribution in [3.8, 4) is 0 Å². The highest BCUT2D eigenvalue weighted by molar-refractivity contribution is 5.94. The van der Waals surface area contributed by atoms with Crippen molar-refractivity contribution >= 4 is 5.91 Å². The number of rotatable bonds is 4. The van der Waals surface area contributed by atoms with Crippen molar-refractivity contribution in [1.29, 1.82) is 0 Å². The van der Waals surface area contributed by atoms with Gasteiger partial charge in [0.15, 0.2) is 0 Å². The molecule has 18 heavy (non-hydrogen) atoms. The minimum absolute atomic E-state index is 0.0442. The lowest BCUT2D eigenvalue weighted by atomic mass is 10.1. The molecule has 0 bridgehead atoms. The van der Waals surface area contributed by atoms with E-state index in [9.17, 15) is 4.79 Å². The molecule has 0 radical (unpaired) electrons. The fraction of sp³-hybridized carbons (Fsp3) is 0.308. The molecule has 0 aliphatic rings. The van der Waals surface area contributed by atoms with E-state index in [1.807, 2.05) is 38.1 Å². The van der Waals surface area contributed by atoms with E-state index in [0.29, 0.717) is 12.1 Å². The van der Waals surface area contributed by atoms with Gasteiger partial charge < -0.3 is 5.32 Å². The van der Waals surface area contributed by atoms with E-state index >= 15 is 0 Å². The van der Waals surface area contributed by atoms with Crippen LogP contribution in [0.15, 0.2) is 36.9 Å². The van der Waals surface area contributed by atoms with Crippen molar-refractivity contribution in [3.63, 3.8) is 0 Å². The van der Waals surface area contributed by atoms with E-state index in [0.717, 1.165) is 5.56 Å². The van der Waals surface area contributed by atoms with Crippen LogP contribution >= 0.6 is 0 Å². The van der Waals surface area contributed by atoms with E-state index in [4.69, 9.17) is 0 Å². The Balaban J connectivity index is 2.03. The molecule has 1 amide bonds. The molecule has 1 aromatic carbocycles. The van der Waals surface area contributed by atoms with Crippen molar-refractivity contribution < 1.29 is 4.79 Å². The highest BCUT2D eigenvalue weighted by atomic mass is 16.1. The zero-order valence-electron chi connectivity index (χ0n) is 10.5. The molecule has 0 unspecified atom stereocenters. The normalized spacial score (nSPS) is 10.6. The van der Waals surface area contributed by atoms with Crippen LogP contribution < -0.4 is 5.32 Å². The van der Waals surface area contributed by atoms with Gasteiger partial charge in [-0.2, -0.15) is 5.10 Å².